The number of rotatable bonds is 3. The fraction of sp³-hybridized carbons (Fsp3) is 1.00. The number of hydrogen-bond acceptors (Lipinski definition) is 1. The lowest BCUT2D eigenvalue weighted by molar-refractivity contribution is 0.328. The fourth-order valence-electron chi connectivity index (χ4n) is 1.13. The van der Waals surface area contributed by atoms with Gasteiger partial charge in [0.25, 0.3) is 0 Å². The second-order valence-corrected chi connectivity index (χ2v) is 3.28. The molecule has 0 bridgehead atoms. The molecule has 3 atom stereocenters. The molecule has 0 aromatic heterocycles. The van der Waals surface area contributed by atoms with E-state index in [2.05, 4.69) is 29.8 Å². The van der Waals surface area contributed by atoms with Crippen molar-refractivity contribution in [3.05, 3.63) is 0 Å². The average Bonchev–Trinajstić information content (AvgIpc) is 2.51. The molecule has 0 aromatic rings. The Bertz CT molecular complexity index is 90.9. The lowest BCUT2D eigenvalue weighted by Crippen LogP contribution is -2.09. The van der Waals surface area contributed by atoms with Crippen molar-refractivity contribution in [1.82, 2.24) is 0 Å². The molecule has 0 saturated carbocycles. The molecule has 0 amide bonds. The van der Waals surface area contributed by atoms with Crippen LogP contribution < -0.4 is 0 Å². The number of halogens is 1. The van der Waals surface area contributed by atoms with Crippen molar-refractivity contribution in [3.8, 4) is 0 Å². The van der Waals surface area contributed by atoms with Crippen LogP contribution in [-0.2, 0) is 4.74 Å². The summed E-state index contributed by atoms with van der Waals surface area (Å²) in [5, 5.41) is 1.08. The minimum atomic E-state index is 0.521. The van der Waals surface area contributed by atoms with Crippen molar-refractivity contribution in [1.29, 1.82) is 0 Å². The van der Waals surface area contributed by atoms with Gasteiger partial charge in [0, 0.05) is 5.33 Å². The maximum absolute atomic E-state index is 5.33. The summed E-state index contributed by atoms with van der Waals surface area (Å²) in [4.78, 5) is 0. The molecule has 1 aliphatic rings. The van der Waals surface area contributed by atoms with Crippen molar-refractivity contribution < 1.29 is 4.74 Å². The highest BCUT2D eigenvalue weighted by molar-refractivity contribution is 9.09. The summed E-state index contributed by atoms with van der Waals surface area (Å²) in [7, 11) is 0. The van der Waals surface area contributed by atoms with E-state index in [1.807, 2.05) is 0 Å². The van der Waals surface area contributed by atoms with Crippen LogP contribution in [0.2, 0.25) is 0 Å². The molecule has 1 rings (SSSR count). The van der Waals surface area contributed by atoms with Crippen molar-refractivity contribution in [2.75, 3.05) is 5.33 Å². The molecule has 0 spiro atoms. The van der Waals surface area contributed by atoms with E-state index in [0.717, 1.165) is 11.2 Å². The minimum Gasteiger partial charge on any atom is -0.370 e. The van der Waals surface area contributed by atoms with Crippen molar-refractivity contribution >= 4 is 15.9 Å². The van der Waals surface area contributed by atoms with Crippen molar-refractivity contribution in [2.24, 2.45) is 5.92 Å². The first kappa shape index (κ1) is 7.55. The van der Waals surface area contributed by atoms with E-state index in [1.165, 1.54) is 6.42 Å². The van der Waals surface area contributed by atoms with Crippen molar-refractivity contribution in [3.63, 3.8) is 0 Å². The highest BCUT2D eigenvalue weighted by Gasteiger charge is 2.39. The smallest absolute Gasteiger partial charge is 0.0874 e. The van der Waals surface area contributed by atoms with Crippen molar-refractivity contribution in [2.45, 2.75) is 32.5 Å². The number of ether oxygens (including phenoxy) is 1. The lowest BCUT2D eigenvalue weighted by atomic mass is 10.0. The van der Waals surface area contributed by atoms with Gasteiger partial charge in [0.2, 0.25) is 0 Å². The molecule has 3 unspecified atom stereocenters. The third kappa shape index (κ3) is 1.68. The summed E-state index contributed by atoms with van der Waals surface area (Å²) in [6.45, 7) is 4.34. The molecule has 1 aliphatic heterocycles. The Morgan fingerprint density at radius 2 is 2.22 bits per heavy atom. The maximum atomic E-state index is 5.33. The van der Waals surface area contributed by atoms with Gasteiger partial charge in [0.05, 0.1) is 12.2 Å². The Morgan fingerprint density at radius 3 is 2.33 bits per heavy atom. The Labute approximate surface area is 64.9 Å². The molecule has 0 aliphatic carbocycles. The summed E-state index contributed by atoms with van der Waals surface area (Å²) < 4.78 is 5.33. The molecule has 1 heterocycles. The average molecular weight is 193 g/mol. The zero-order chi connectivity index (χ0) is 6.85. The summed E-state index contributed by atoms with van der Waals surface area (Å²) in [6.07, 6.45) is 2.29. The van der Waals surface area contributed by atoms with Crippen LogP contribution in [0.5, 0.6) is 0 Å². The predicted molar refractivity (Wildman–Crippen MR) is 41.9 cm³/mol. The standard InChI is InChI=1S/C7H13BrO/c1-3-6(4-8)7-5(2)9-7/h5-7H,3-4H2,1-2H3. The van der Waals surface area contributed by atoms with Gasteiger partial charge >= 0.3 is 0 Å². The highest BCUT2D eigenvalue weighted by atomic mass is 79.9. The molecule has 0 N–H and O–H groups in total. The van der Waals surface area contributed by atoms with Gasteiger partial charge in [-0.05, 0) is 19.3 Å². The van der Waals surface area contributed by atoms with E-state index >= 15 is 0 Å². The summed E-state index contributed by atoms with van der Waals surface area (Å²) in [6, 6.07) is 0. The second kappa shape index (κ2) is 3.02. The topological polar surface area (TPSA) is 12.5 Å². The molecular weight excluding hydrogens is 180 g/mol. The molecule has 1 fully saturated rings. The largest absolute Gasteiger partial charge is 0.370 e. The molecule has 9 heavy (non-hydrogen) atoms. The van der Waals surface area contributed by atoms with E-state index in [4.69, 9.17) is 4.74 Å². The van der Waals surface area contributed by atoms with Gasteiger partial charge in [0.1, 0.15) is 0 Å². The first-order chi connectivity index (χ1) is 4.29. The first-order valence-electron chi connectivity index (χ1n) is 3.51. The van der Waals surface area contributed by atoms with E-state index in [0.29, 0.717) is 12.2 Å². The quantitative estimate of drug-likeness (QED) is 0.494. The minimum absolute atomic E-state index is 0.521. The van der Waals surface area contributed by atoms with Gasteiger partial charge in [-0.2, -0.15) is 0 Å². The Morgan fingerprint density at radius 1 is 1.67 bits per heavy atom. The zero-order valence-electron chi connectivity index (χ0n) is 5.93. The Kier molecular flexibility index (Phi) is 2.53. The maximum Gasteiger partial charge on any atom is 0.0874 e. The predicted octanol–water partition coefficient (Wildman–Crippen LogP) is 2.19. The fourth-order valence-corrected chi connectivity index (χ4v) is 1.95. The van der Waals surface area contributed by atoms with Gasteiger partial charge in [-0.15, -0.1) is 0 Å². The van der Waals surface area contributed by atoms with Gasteiger partial charge < -0.3 is 4.74 Å². The normalized spacial score (nSPS) is 36.3. The summed E-state index contributed by atoms with van der Waals surface area (Å²) in [5.74, 6) is 0.736. The monoisotopic (exact) mass is 192 g/mol. The summed E-state index contributed by atoms with van der Waals surface area (Å²) >= 11 is 3.46. The third-order valence-corrected chi connectivity index (χ3v) is 2.78. The molecule has 1 saturated heterocycles. The summed E-state index contributed by atoms with van der Waals surface area (Å²) in [5.41, 5.74) is 0. The molecule has 1 nitrogen and oxygen atoms in total. The second-order valence-electron chi connectivity index (χ2n) is 2.63. The van der Waals surface area contributed by atoms with Gasteiger partial charge in [-0.3, -0.25) is 0 Å². The van der Waals surface area contributed by atoms with E-state index < -0.39 is 0 Å². The van der Waals surface area contributed by atoms with Gasteiger partial charge in [-0.25, -0.2) is 0 Å². The van der Waals surface area contributed by atoms with Gasteiger partial charge in [-0.1, -0.05) is 22.9 Å². The van der Waals surface area contributed by atoms with E-state index in [-0.39, 0.29) is 0 Å². The lowest BCUT2D eigenvalue weighted by Gasteiger charge is -2.05. The Balaban J connectivity index is 2.23. The molecule has 0 aromatic carbocycles. The van der Waals surface area contributed by atoms with Crippen LogP contribution >= 0.6 is 15.9 Å². The molecule has 2 heteroatoms. The van der Waals surface area contributed by atoms with E-state index in [1.54, 1.807) is 0 Å². The molecule has 54 valence electrons. The van der Waals surface area contributed by atoms with Crippen LogP contribution in [0.25, 0.3) is 0 Å². The van der Waals surface area contributed by atoms with Gasteiger partial charge in [0.15, 0.2) is 0 Å². The Hall–Kier alpha value is 0.440. The number of epoxide rings is 1. The van der Waals surface area contributed by atoms with E-state index in [9.17, 15) is 0 Å². The zero-order valence-corrected chi connectivity index (χ0v) is 7.52. The van der Waals surface area contributed by atoms with Crippen LogP contribution in [0.1, 0.15) is 20.3 Å². The van der Waals surface area contributed by atoms with Crippen LogP contribution in [0.4, 0.5) is 0 Å². The third-order valence-electron chi connectivity index (χ3n) is 1.95. The molecule has 0 radical (unpaired) electrons. The first-order valence-corrected chi connectivity index (χ1v) is 4.63. The van der Waals surface area contributed by atoms with Crippen LogP contribution in [-0.4, -0.2) is 17.5 Å². The van der Waals surface area contributed by atoms with Crippen LogP contribution in [0, 0.1) is 5.92 Å². The SMILES string of the molecule is CCC(CBr)C1OC1C. The highest BCUT2D eigenvalue weighted by Crippen LogP contribution is 2.31. The number of alkyl halides is 1. The molecular formula is C7H13BrO. The number of hydrogen-bond donors (Lipinski definition) is 0. The van der Waals surface area contributed by atoms with Crippen LogP contribution in [0.3, 0.4) is 0 Å². The van der Waals surface area contributed by atoms with Crippen LogP contribution in [0.15, 0.2) is 0 Å².